The summed E-state index contributed by atoms with van der Waals surface area (Å²) in [5.74, 6) is 0.692. The van der Waals surface area contributed by atoms with Crippen LogP contribution in [0, 0.1) is 0 Å². The van der Waals surface area contributed by atoms with Crippen LogP contribution in [-0.4, -0.2) is 43.5 Å². The Labute approximate surface area is 138 Å². The second kappa shape index (κ2) is 7.40. The molecule has 1 aliphatic rings. The lowest BCUT2D eigenvalue weighted by molar-refractivity contribution is 0.248. The van der Waals surface area contributed by atoms with Gasteiger partial charge in [-0.2, -0.15) is 0 Å². The van der Waals surface area contributed by atoms with E-state index in [1.807, 2.05) is 36.4 Å². The number of amidine groups is 1. The van der Waals surface area contributed by atoms with Gasteiger partial charge in [-0.05, 0) is 18.2 Å². The summed E-state index contributed by atoms with van der Waals surface area (Å²) in [5.41, 5.74) is 8.70. The Morgan fingerprint density at radius 3 is 2.17 bits per heavy atom. The Morgan fingerprint density at radius 2 is 1.65 bits per heavy atom. The number of hydrogen-bond acceptors (Lipinski definition) is 3. The molecule has 4 heteroatoms. The highest BCUT2D eigenvalue weighted by atomic mass is 15.2. The van der Waals surface area contributed by atoms with Gasteiger partial charge in [0.25, 0.3) is 0 Å². The molecule has 1 aliphatic heterocycles. The van der Waals surface area contributed by atoms with Crippen LogP contribution in [0.4, 0.5) is 0 Å². The number of nitrogens with one attached hydrogen (secondary N) is 1. The normalized spacial score (nSPS) is 19.9. The molecule has 23 heavy (non-hydrogen) atoms. The van der Waals surface area contributed by atoms with Gasteiger partial charge in [-0.3, -0.25) is 9.89 Å². The van der Waals surface area contributed by atoms with Gasteiger partial charge >= 0.3 is 0 Å². The molecule has 0 aromatic heterocycles. The summed E-state index contributed by atoms with van der Waals surface area (Å²) in [5, 5.41) is 3.40. The summed E-state index contributed by atoms with van der Waals surface area (Å²) in [6.45, 7) is 2.84. The van der Waals surface area contributed by atoms with E-state index < -0.39 is 0 Å². The third-order valence-corrected chi connectivity index (χ3v) is 4.36. The van der Waals surface area contributed by atoms with E-state index in [1.54, 1.807) is 0 Å². The van der Waals surface area contributed by atoms with Gasteiger partial charge in [0.2, 0.25) is 0 Å². The predicted molar refractivity (Wildman–Crippen MR) is 95.6 cm³/mol. The number of nitrogens with zero attached hydrogens (tertiary/aromatic N) is 2. The second-order valence-electron chi connectivity index (χ2n) is 5.98. The van der Waals surface area contributed by atoms with Crippen molar-refractivity contribution >= 4 is 5.84 Å². The van der Waals surface area contributed by atoms with Crippen LogP contribution in [0.5, 0.6) is 0 Å². The molecule has 3 N–H and O–H groups in total. The number of piperazine rings is 1. The van der Waals surface area contributed by atoms with Crippen LogP contribution in [-0.2, 0) is 0 Å². The number of nitrogens with two attached hydrogens (primary N) is 1. The van der Waals surface area contributed by atoms with E-state index in [9.17, 15) is 0 Å². The summed E-state index contributed by atoms with van der Waals surface area (Å²) in [4.78, 5) is 7.17. The molecule has 1 fully saturated rings. The van der Waals surface area contributed by atoms with Crippen molar-refractivity contribution in [1.82, 2.24) is 10.2 Å². The van der Waals surface area contributed by atoms with Gasteiger partial charge in [-0.25, -0.2) is 0 Å². The fourth-order valence-electron chi connectivity index (χ4n) is 2.98. The maximum Gasteiger partial charge on any atom is 0.114 e. The van der Waals surface area contributed by atoms with E-state index >= 15 is 0 Å². The summed E-state index contributed by atoms with van der Waals surface area (Å²) in [6, 6.07) is 20.8. The lowest BCUT2D eigenvalue weighted by Gasteiger charge is -2.33. The van der Waals surface area contributed by atoms with Gasteiger partial charge in [-0.15, -0.1) is 0 Å². The number of likely N-dealkylation sites (N-methyl/N-ethyl adjacent to an activating group) is 1. The second-order valence-corrected chi connectivity index (χ2v) is 5.98. The highest BCUT2D eigenvalue weighted by Crippen LogP contribution is 2.26. The van der Waals surface area contributed by atoms with Crippen molar-refractivity contribution < 1.29 is 0 Å². The zero-order valence-corrected chi connectivity index (χ0v) is 13.5. The molecule has 1 unspecified atom stereocenters. The minimum atomic E-state index is -0.0623. The molecule has 1 heterocycles. The van der Waals surface area contributed by atoms with Crippen LogP contribution in [0.2, 0.25) is 0 Å². The van der Waals surface area contributed by atoms with Crippen LogP contribution in [0.3, 0.4) is 0 Å². The van der Waals surface area contributed by atoms with Gasteiger partial charge in [-0.1, -0.05) is 60.7 Å². The lowest BCUT2D eigenvalue weighted by atomic mass is 9.99. The van der Waals surface area contributed by atoms with Crippen LogP contribution < -0.4 is 11.1 Å². The molecular formula is C19H24N4. The topological polar surface area (TPSA) is 53.6 Å². The van der Waals surface area contributed by atoms with Gasteiger partial charge in [0.15, 0.2) is 0 Å². The molecule has 0 spiro atoms. The molecule has 0 radical (unpaired) electrons. The maximum atomic E-state index is 6.38. The van der Waals surface area contributed by atoms with Gasteiger partial charge < -0.3 is 11.1 Å². The van der Waals surface area contributed by atoms with Crippen molar-refractivity contribution in [3.63, 3.8) is 0 Å². The molecule has 3 rings (SSSR count). The summed E-state index contributed by atoms with van der Waals surface area (Å²) in [6.07, 6.45) is 0. The molecular weight excluding hydrogens is 284 g/mol. The molecule has 0 bridgehead atoms. The van der Waals surface area contributed by atoms with Crippen LogP contribution in [0.15, 0.2) is 65.7 Å². The van der Waals surface area contributed by atoms with Crippen LogP contribution >= 0.6 is 0 Å². The third kappa shape index (κ3) is 3.78. The first-order valence-electron chi connectivity index (χ1n) is 8.09. The zero-order valence-electron chi connectivity index (χ0n) is 13.5. The van der Waals surface area contributed by atoms with Crippen molar-refractivity contribution in [3.8, 4) is 0 Å². The first-order valence-corrected chi connectivity index (χ1v) is 8.09. The standard InChI is InChI=1S/C19H24N4/c1-23-13-12-21-14-17(23)19(20)22-18(15-8-4-2-5-9-15)16-10-6-3-7-11-16/h2-11,17-18,21H,12-14H2,1H3,(H2,20,22). The Bertz CT molecular complexity index is 599. The van der Waals surface area contributed by atoms with Gasteiger partial charge in [0.1, 0.15) is 11.9 Å². The Balaban J connectivity index is 1.94. The van der Waals surface area contributed by atoms with E-state index in [0.717, 1.165) is 30.8 Å². The fourth-order valence-corrected chi connectivity index (χ4v) is 2.98. The number of hydrogen-bond donors (Lipinski definition) is 2. The maximum absolute atomic E-state index is 6.38. The van der Waals surface area contributed by atoms with E-state index in [4.69, 9.17) is 10.7 Å². The van der Waals surface area contributed by atoms with Crippen molar-refractivity contribution in [3.05, 3.63) is 71.8 Å². The molecule has 0 saturated carbocycles. The predicted octanol–water partition coefficient (Wildman–Crippen LogP) is 2.04. The lowest BCUT2D eigenvalue weighted by Crippen LogP contribution is -2.55. The summed E-state index contributed by atoms with van der Waals surface area (Å²) >= 11 is 0. The van der Waals surface area contributed by atoms with Gasteiger partial charge in [0.05, 0.1) is 6.04 Å². The molecule has 4 nitrogen and oxygen atoms in total. The summed E-state index contributed by atoms with van der Waals surface area (Å²) in [7, 11) is 2.11. The molecule has 120 valence electrons. The average molecular weight is 308 g/mol. The first kappa shape index (κ1) is 15.7. The number of benzene rings is 2. The third-order valence-electron chi connectivity index (χ3n) is 4.36. The van der Waals surface area contributed by atoms with Crippen molar-refractivity contribution in [2.45, 2.75) is 12.1 Å². The Kier molecular flexibility index (Phi) is 5.05. The van der Waals surface area contributed by atoms with Crippen LogP contribution in [0.1, 0.15) is 17.2 Å². The van der Waals surface area contributed by atoms with Crippen LogP contribution in [0.25, 0.3) is 0 Å². The fraction of sp³-hybridized carbons (Fsp3) is 0.316. The molecule has 1 saturated heterocycles. The highest BCUT2D eigenvalue weighted by molar-refractivity contribution is 5.86. The molecule has 0 aliphatic carbocycles. The van der Waals surface area contributed by atoms with E-state index in [-0.39, 0.29) is 12.1 Å². The monoisotopic (exact) mass is 308 g/mol. The average Bonchev–Trinajstić information content (AvgIpc) is 2.61. The van der Waals surface area contributed by atoms with Crippen molar-refractivity contribution in [1.29, 1.82) is 0 Å². The largest absolute Gasteiger partial charge is 0.386 e. The number of rotatable bonds is 4. The van der Waals surface area contributed by atoms with Crippen molar-refractivity contribution in [2.75, 3.05) is 26.7 Å². The number of aliphatic imine (C=N–C) groups is 1. The molecule has 1 atom stereocenters. The SMILES string of the molecule is CN1CCNCC1C(N)=NC(c1ccccc1)c1ccccc1. The van der Waals surface area contributed by atoms with Crippen molar-refractivity contribution in [2.24, 2.45) is 10.7 Å². The van der Waals surface area contributed by atoms with Gasteiger partial charge in [0, 0.05) is 19.6 Å². The van der Waals surface area contributed by atoms with E-state index in [1.165, 1.54) is 0 Å². The minimum Gasteiger partial charge on any atom is -0.386 e. The highest BCUT2D eigenvalue weighted by Gasteiger charge is 2.23. The Morgan fingerprint density at radius 1 is 1.09 bits per heavy atom. The van der Waals surface area contributed by atoms with E-state index in [0.29, 0.717) is 5.84 Å². The summed E-state index contributed by atoms with van der Waals surface area (Å²) < 4.78 is 0. The molecule has 2 aromatic rings. The molecule has 2 aromatic carbocycles. The van der Waals surface area contributed by atoms with E-state index in [2.05, 4.69) is 41.5 Å². The smallest absolute Gasteiger partial charge is 0.114 e. The Hall–Kier alpha value is -2.17. The quantitative estimate of drug-likeness (QED) is 0.671. The molecule has 0 amide bonds. The zero-order chi connectivity index (χ0) is 16.1. The first-order chi connectivity index (χ1) is 11.3. The minimum absolute atomic E-state index is 0.0623.